The number of nitrogens with zero attached hydrogens (tertiary/aromatic N) is 4. The van der Waals surface area contributed by atoms with Gasteiger partial charge in [0.2, 0.25) is 11.9 Å². The molecule has 1 aromatic carbocycles. The van der Waals surface area contributed by atoms with Crippen LogP contribution in [0.5, 0.6) is 0 Å². The number of fused-ring (bicyclic) bond motifs is 1. The number of aromatic amines is 1. The van der Waals surface area contributed by atoms with Gasteiger partial charge in [-0.2, -0.15) is 4.98 Å². The summed E-state index contributed by atoms with van der Waals surface area (Å²) in [6.07, 6.45) is 6.24. The van der Waals surface area contributed by atoms with Gasteiger partial charge in [0.15, 0.2) is 5.82 Å². The maximum Gasteiger partial charge on any atom is 0.229 e. The van der Waals surface area contributed by atoms with E-state index in [0.717, 1.165) is 41.3 Å². The standard InChI is InChI=1S/C20H24N6O/c1-25(2)19-17(13-22-20(24-19)26-9-5-6-10-26)23-18(27)11-14-12-21-16-8-4-3-7-15(14)16/h3-4,7-8,12-13,21H,5-6,9-11H2,1-2H3,(H,23,27). The van der Waals surface area contributed by atoms with E-state index in [1.54, 1.807) is 6.20 Å². The summed E-state index contributed by atoms with van der Waals surface area (Å²) in [5, 5.41) is 4.05. The number of hydrogen-bond donors (Lipinski definition) is 2. The number of hydrogen-bond acceptors (Lipinski definition) is 5. The zero-order valence-electron chi connectivity index (χ0n) is 15.7. The Morgan fingerprint density at radius 1 is 1.26 bits per heavy atom. The predicted molar refractivity (Wildman–Crippen MR) is 108 cm³/mol. The van der Waals surface area contributed by atoms with Crippen molar-refractivity contribution in [3.63, 3.8) is 0 Å². The van der Waals surface area contributed by atoms with E-state index in [1.807, 2.05) is 49.5 Å². The molecule has 1 fully saturated rings. The minimum Gasteiger partial charge on any atom is -0.361 e. The molecule has 1 saturated heterocycles. The van der Waals surface area contributed by atoms with Crippen molar-refractivity contribution in [3.05, 3.63) is 42.2 Å². The van der Waals surface area contributed by atoms with Crippen molar-refractivity contribution in [1.29, 1.82) is 0 Å². The molecule has 7 nitrogen and oxygen atoms in total. The van der Waals surface area contributed by atoms with Crippen molar-refractivity contribution in [2.45, 2.75) is 19.3 Å². The number of H-pyrrole nitrogens is 1. The Morgan fingerprint density at radius 3 is 2.81 bits per heavy atom. The molecule has 0 unspecified atom stereocenters. The Morgan fingerprint density at radius 2 is 2.04 bits per heavy atom. The lowest BCUT2D eigenvalue weighted by Crippen LogP contribution is -2.24. The van der Waals surface area contributed by atoms with Crippen LogP contribution in [0.2, 0.25) is 0 Å². The first-order chi connectivity index (χ1) is 13.1. The van der Waals surface area contributed by atoms with Gasteiger partial charge < -0.3 is 20.1 Å². The van der Waals surface area contributed by atoms with Gasteiger partial charge in [-0.1, -0.05) is 18.2 Å². The Labute approximate surface area is 158 Å². The number of anilines is 3. The summed E-state index contributed by atoms with van der Waals surface area (Å²) in [4.78, 5) is 29.1. The fourth-order valence-electron chi connectivity index (χ4n) is 3.51. The molecule has 7 heteroatoms. The van der Waals surface area contributed by atoms with Gasteiger partial charge in [-0.3, -0.25) is 4.79 Å². The van der Waals surface area contributed by atoms with Crippen LogP contribution in [0.15, 0.2) is 36.7 Å². The lowest BCUT2D eigenvalue weighted by atomic mass is 10.1. The molecule has 0 radical (unpaired) electrons. The monoisotopic (exact) mass is 364 g/mol. The number of carbonyl (C=O) groups is 1. The summed E-state index contributed by atoms with van der Waals surface area (Å²) < 4.78 is 0. The largest absolute Gasteiger partial charge is 0.361 e. The second kappa shape index (κ2) is 7.26. The number of para-hydroxylation sites is 1. The Hall–Kier alpha value is -3.09. The molecule has 3 heterocycles. The number of rotatable bonds is 5. The van der Waals surface area contributed by atoms with Crippen LogP contribution in [0.1, 0.15) is 18.4 Å². The molecule has 0 saturated carbocycles. The average molecular weight is 364 g/mol. The summed E-state index contributed by atoms with van der Waals surface area (Å²) in [5.41, 5.74) is 2.64. The van der Waals surface area contributed by atoms with Crippen molar-refractivity contribution in [1.82, 2.24) is 15.0 Å². The normalized spacial score (nSPS) is 13.9. The first-order valence-electron chi connectivity index (χ1n) is 9.26. The van der Waals surface area contributed by atoms with Crippen LogP contribution in [-0.2, 0) is 11.2 Å². The lowest BCUT2D eigenvalue weighted by molar-refractivity contribution is -0.115. The highest BCUT2D eigenvalue weighted by Crippen LogP contribution is 2.26. The van der Waals surface area contributed by atoms with Crippen LogP contribution in [0.3, 0.4) is 0 Å². The average Bonchev–Trinajstić information content (AvgIpc) is 3.32. The van der Waals surface area contributed by atoms with Gasteiger partial charge in [0.1, 0.15) is 5.69 Å². The van der Waals surface area contributed by atoms with E-state index in [-0.39, 0.29) is 5.91 Å². The van der Waals surface area contributed by atoms with Gasteiger partial charge in [0.05, 0.1) is 12.6 Å². The minimum atomic E-state index is -0.0830. The number of carbonyl (C=O) groups excluding carboxylic acids is 1. The van der Waals surface area contributed by atoms with Crippen LogP contribution in [0.25, 0.3) is 10.9 Å². The minimum absolute atomic E-state index is 0.0830. The van der Waals surface area contributed by atoms with E-state index in [0.29, 0.717) is 12.1 Å². The van der Waals surface area contributed by atoms with Crippen LogP contribution in [-0.4, -0.2) is 48.0 Å². The summed E-state index contributed by atoms with van der Waals surface area (Å²) >= 11 is 0. The molecule has 3 aromatic rings. The van der Waals surface area contributed by atoms with Crippen molar-refractivity contribution in [3.8, 4) is 0 Å². The molecular formula is C20H24N6O. The summed E-state index contributed by atoms with van der Waals surface area (Å²) in [6.45, 7) is 1.97. The summed E-state index contributed by atoms with van der Waals surface area (Å²) in [7, 11) is 3.84. The van der Waals surface area contributed by atoms with Gasteiger partial charge in [0, 0.05) is 44.3 Å². The quantitative estimate of drug-likeness (QED) is 0.728. The summed E-state index contributed by atoms with van der Waals surface area (Å²) in [5.74, 6) is 1.37. The van der Waals surface area contributed by atoms with Gasteiger partial charge in [-0.25, -0.2) is 4.98 Å². The van der Waals surface area contributed by atoms with E-state index < -0.39 is 0 Å². The topological polar surface area (TPSA) is 77.2 Å². The van der Waals surface area contributed by atoms with Crippen LogP contribution < -0.4 is 15.1 Å². The zero-order valence-corrected chi connectivity index (χ0v) is 15.7. The molecule has 1 aliphatic rings. The third-order valence-electron chi connectivity index (χ3n) is 4.87. The third kappa shape index (κ3) is 3.58. The molecule has 140 valence electrons. The van der Waals surface area contributed by atoms with Crippen LogP contribution in [0, 0.1) is 0 Å². The van der Waals surface area contributed by atoms with E-state index >= 15 is 0 Å². The van der Waals surface area contributed by atoms with E-state index in [2.05, 4.69) is 25.2 Å². The van der Waals surface area contributed by atoms with Crippen molar-refractivity contribution < 1.29 is 4.79 Å². The maximum atomic E-state index is 12.6. The Balaban J connectivity index is 1.53. The van der Waals surface area contributed by atoms with Crippen molar-refractivity contribution >= 4 is 34.3 Å². The van der Waals surface area contributed by atoms with Crippen molar-refractivity contribution in [2.24, 2.45) is 0 Å². The highest BCUT2D eigenvalue weighted by atomic mass is 16.1. The van der Waals surface area contributed by atoms with Gasteiger partial charge in [-0.05, 0) is 24.5 Å². The van der Waals surface area contributed by atoms with Gasteiger partial charge in [-0.15, -0.1) is 0 Å². The fourth-order valence-corrected chi connectivity index (χ4v) is 3.51. The van der Waals surface area contributed by atoms with E-state index in [1.165, 1.54) is 12.8 Å². The smallest absolute Gasteiger partial charge is 0.229 e. The first kappa shape index (κ1) is 17.3. The lowest BCUT2D eigenvalue weighted by Gasteiger charge is -2.21. The molecule has 0 atom stereocenters. The SMILES string of the molecule is CN(C)c1nc(N2CCCC2)ncc1NC(=O)Cc1c[nH]c2ccccc12. The Kier molecular flexibility index (Phi) is 4.66. The summed E-state index contributed by atoms with van der Waals surface area (Å²) in [6, 6.07) is 7.98. The molecule has 0 spiro atoms. The predicted octanol–water partition coefficient (Wildman–Crippen LogP) is 2.81. The number of benzene rings is 1. The second-order valence-electron chi connectivity index (χ2n) is 7.08. The molecule has 1 aliphatic heterocycles. The molecule has 2 N–H and O–H groups in total. The molecule has 1 amide bonds. The second-order valence-corrected chi connectivity index (χ2v) is 7.08. The highest BCUT2D eigenvalue weighted by molar-refractivity contribution is 5.97. The van der Waals surface area contributed by atoms with E-state index in [9.17, 15) is 4.79 Å². The molecule has 0 bridgehead atoms. The number of aromatic nitrogens is 3. The fraction of sp³-hybridized carbons (Fsp3) is 0.350. The number of nitrogens with one attached hydrogen (secondary N) is 2. The van der Waals surface area contributed by atoms with Gasteiger partial charge in [0.25, 0.3) is 0 Å². The van der Waals surface area contributed by atoms with Gasteiger partial charge >= 0.3 is 0 Å². The third-order valence-corrected chi connectivity index (χ3v) is 4.87. The van der Waals surface area contributed by atoms with Crippen LogP contribution in [0.4, 0.5) is 17.5 Å². The molecule has 4 rings (SSSR count). The molecule has 27 heavy (non-hydrogen) atoms. The van der Waals surface area contributed by atoms with Crippen molar-refractivity contribution in [2.75, 3.05) is 42.3 Å². The molecule has 2 aromatic heterocycles. The first-order valence-corrected chi connectivity index (χ1v) is 9.26. The Bertz CT molecular complexity index is 958. The zero-order chi connectivity index (χ0) is 18.8. The maximum absolute atomic E-state index is 12.6. The van der Waals surface area contributed by atoms with Crippen LogP contribution >= 0.6 is 0 Å². The van der Waals surface area contributed by atoms with E-state index in [4.69, 9.17) is 0 Å². The highest BCUT2D eigenvalue weighted by Gasteiger charge is 2.19. The number of amides is 1. The molecular weight excluding hydrogens is 340 g/mol. The molecule has 0 aliphatic carbocycles.